The zero-order valence-corrected chi connectivity index (χ0v) is 14.6. The molecular formula is C20H23FN4. The van der Waals surface area contributed by atoms with E-state index >= 15 is 0 Å². The van der Waals surface area contributed by atoms with Crippen LogP contribution >= 0.6 is 0 Å². The first-order valence-corrected chi connectivity index (χ1v) is 8.63. The molecule has 0 aliphatic heterocycles. The van der Waals surface area contributed by atoms with E-state index in [9.17, 15) is 4.39 Å². The molecule has 1 atom stereocenters. The van der Waals surface area contributed by atoms with Gasteiger partial charge in [0.1, 0.15) is 17.2 Å². The number of halogens is 1. The Labute approximate surface area is 147 Å². The van der Waals surface area contributed by atoms with Crippen molar-refractivity contribution in [3.63, 3.8) is 0 Å². The van der Waals surface area contributed by atoms with Crippen LogP contribution in [0.2, 0.25) is 0 Å². The number of rotatable bonds is 7. The number of aromatic nitrogens is 3. The summed E-state index contributed by atoms with van der Waals surface area (Å²) in [6.07, 6.45) is 1.05. The predicted molar refractivity (Wildman–Crippen MR) is 97.6 cm³/mol. The standard InChI is InChI=1S/C20H23FN4/c1-3-15(2)22-13-19-20(16-9-5-4-6-10-16)24-25(23-19)14-17-11-7-8-12-18(17)21/h4-12,15,22H,3,13-14H2,1-2H3/t15-/m1/s1. The minimum atomic E-state index is -0.236. The summed E-state index contributed by atoms with van der Waals surface area (Å²) in [5, 5.41) is 12.7. The molecule has 0 amide bonds. The van der Waals surface area contributed by atoms with Gasteiger partial charge in [-0.2, -0.15) is 15.0 Å². The lowest BCUT2D eigenvalue weighted by Gasteiger charge is -2.10. The lowest BCUT2D eigenvalue weighted by molar-refractivity contribution is 0.515. The first-order chi connectivity index (χ1) is 12.2. The first kappa shape index (κ1) is 17.3. The van der Waals surface area contributed by atoms with E-state index in [-0.39, 0.29) is 5.82 Å². The molecule has 0 saturated heterocycles. The zero-order chi connectivity index (χ0) is 17.6. The van der Waals surface area contributed by atoms with Gasteiger partial charge >= 0.3 is 0 Å². The molecule has 4 nitrogen and oxygen atoms in total. The van der Waals surface area contributed by atoms with E-state index in [0.717, 1.165) is 23.4 Å². The topological polar surface area (TPSA) is 42.7 Å². The number of hydrogen-bond donors (Lipinski definition) is 1. The van der Waals surface area contributed by atoms with E-state index in [1.165, 1.54) is 6.07 Å². The third kappa shape index (κ3) is 4.31. The van der Waals surface area contributed by atoms with E-state index in [4.69, 9.17) is 0 Å². The molecule has 0 bridgehead atoms. The molecule has 0 spiro atoms. The molecule has 1 aromatic heterocycles. The molecule has 25 heavy (non-hydrogen) atoms. The summed E-state index contributed by atoms with van der Waals surface area (Å²) in [4.78, 5) is 1.58. The highest BCUT2D eigenvalue weighted by Crippen LogP contribution is 2.20. The van der Waals surface area contributed by atoms with Crippen LogP contribution in [0.5, 0.6) is 0 Å². The van der Waals surface area contributed by atoms with Crippen LogP contribution in [0, 0.1) is 5.82 Å². The van der Waals surface area contributed by atoms with Gasteiger partial charge in [-0.05, 0) is 19.4 Å². The molecule has 130 valence electrons. The zero-order valence-electron chi connectivity index (χ0n) is 14.6. The first-order valence-electron chi connectivity index (χ1n) is 8.63. The van der Waals surface area contributed by atoms with Crippen molar-refractivity contribution >= 4 is 0 Å². The van der Waals surface area contributed by atoms with Crippen LogP contribution in [-0.4, -0.2) is 21.0 Å². The summed E-state index contributed by atoms with van der Waals surface area (Å²) in [6, 6.07) is 17.1. The maximum atomic E-state index is 13.9. The number of nitrogens with one attached hydrogen (secondary N) is 1. The van der Waals surface area contributed by atoms with Crippen LogP contribution in [0.25, 0.3) is 11.3 Å². The summed E-state index contributed by atoms with van der Waals surface area (Å²) in [5.74, 6) is -0.236. The third-order valence-corrected chi connectivity index (χ3v) is 4.27. The summed E-state index contributed by atoms with van der Waals surface area (Å²) in [7, 11) is 0. The van der Waals surface area contributed by atoms with Crippen molar-refractivity contribution in [3.05, 3.63) is 71.7 Å². The minimum absolute atomic E-state index is 0.236. The highest BCUT2D eigenvalue weighted by atomic mass is 19.1. The van der Waals surface area contributed by atoms with Gasteiger partial charge in [-0.3, -0.25) is 0 Å². The number of benzene rings is 2. The average Bonchev–Trinajstić information content (AvgIpc) is 3.05. The Kier molecular flexibility index (Phi) is 5.56. The molecule has 1 heterocycles. The van der Waals surface area contributed by atoms with Gasteiger partial charge in [-0.15, -0.1) is 0 Å². The fourth-order valence-corrected chi connectivity index (χ4v) is 2.59. The maximum Gasteiger partial charge on any atom is 0.128 e. The molecule has 0 radical (unpaired) electrons. The van der Waals surface area contributed by atoms with Gasteiger partial charge in [0.05, 0.1) is 6.54 Å². The van der Waals surface area contributed by atoms with Gasteiger partial charge in [0.25, 0.3) is 0 Å². The number of hydrogen-bond acceptors (Lipinski definition) is 3. The van der Waals surface area contributed by atoms with Crippen LogP contribution < -0.4 is 5.32 Å². The van der Waals surface area contributed by atoms with E-state index in [1.54, 1.807) is 16.9 Å². The van der Waals surface area contributed by atoms with E-state index in [1.807, 2.05) is 36.4 Å². The van der Waals surface area contributed by atoms with Crippen LogP contribution in [0.15, 0.2) is 54.6 Å². The van der Waals surface area contributed by atoms with Crippen molar-refractivity contribution < 1.29 is 4.39 Å². The summed E-state index contributed by atoms with van der Waals surface area (Å²) in [5.41, 5.74) is 3.32. The fourth-order valence-electron chi connectivity index (χ4n) is 2.59. The molecule has 0 unspecified atom stereocenters. The van der Waals surface area contributed by atoms with E-state index < -0.39 is 0 Å². The van der Waals surface area contributed by atoms with Gasteiger partial charge in [-0.1, -0.05) is 55.5 Å². The van der Waals surface area contributed by atoms with E-state index in [2.05, 4.69) is 29.4 Å². The molecule has 2 aromatic carbocycles. The molecular weight excluding hydrogens is 315 g/mol. The Morgan fingerprint density at radius 1 is 1.04 bits per heavy atom. The van der Waals surface area contributed by atoms with Crippen LogP contribution in [0.1, 0.15) is 31.5 Å². The van der Waals surface area contributed by atoms with Crippen LogP contribution in [0.4, 0.5) is 4.39 Å². The Bertz CT molecular complexity index is 814. The largest absolute Gasteiger partial charge is 0.309 e. The second-order valence-electron chi connectivity index (χ2n) is 6.17. The Hall–Kier alpha value is -2.53. The summed E-state index contributed by atoms with van der Waals surface area (Å²) in [6.45, 7) is 5.24. The lowest BCUT2D eigenvalue weighted by Crippen LogP contribution is -2.25. The van der Waals surface area contributed by atoms with Crippen molar-refractivity contribution in [2.75, 3.05) is 0 Å². The van der Waals surface area contributed by atoms with Crippen molar-refractivity contribution in [2.24, 2.45) is 0 Å². The number of nitrogens with zero attached hydrogens (tertiary/aromatic N) is 3. The van der Waals surface area contributed by atoms with Gasteiger partial charge in [-0.25, -0.2) is 4.39 Å². The average molecular weight is 338 g/mol. The molecule has 0 fully saturated rings. The van der Waals surface area contributed by atoms with Crippen molar-refractivity contribution in [1.82, 2.24) is 20.3 Å². The van der Waals surface area contributed by atoms with E-state index in [0.29, 0.717) is 24.7 Å². The van der Waals surface area contributed by atoms with Gasteiger partial charge in [0, 0.05) is 23.7 Å². The highest BCUT2D eigenvalue weighted by Gasteiger charge is 2.14. The molecule has 5 heteroatoms. The summed E-state index contributed by atoms with van der Waals surface area (Å²) < 4.78 is 13.9. The molecule has 0 aliphatic rings. The monoisotopic (exact) mass is 338 g/mol. The van der Waals surface area contributed by atoms with Crippen LogP contribution in [0.3, 0.4) is 0 Å². The van der Waals surface area contributed by atoms with Gasteiger partial charge in [0.15, 0.2) is 0 Å². The molecule has 3 aromatic rings. The van der Waals surface area contributed by atoms with Crippen molar-refractivity contribution in [1.29, 1.82) is 0 Å². The second kappa shape index (κ2) is 8.03. The fraction of sp³-hybridized carbons (Fsp3) is 0.300. The van der Waals surface area contributed by atoms with Gasteiger partial charge in [0.2, 0.25) is 0 Å². The van der Waals surface area contributed by atoms with Crippen LogP contribution in [-0.2, 0) is 13.1 Å². The molecule has 0 saturated carbocycles. The van der Waals surface area contributed by atoms with Crippen molar-refractivity contribution in [3.8, 4) is 11.3 Å². The molecule has 3 rings (SSSR count). The quantitative estimate of drug-likeness (QED) is 0.707. The van der Waals surface area contributed by atoms with Crippen molar-refractivity contribution in [2.45, 2.75) is 39.4 Å². The lowest BCUT2D eigenvalue weighted by atomic mass is 10.1. The summed E-state index contributed by atoms with van der Waals surface area (Å²) >= 11 is 0. The normalized spacial score (nSPS) is 12.3. The minimum Gasteiger partial charge on any atom is -0.309 e. The smallest absolute Gasteiger partial charge is 0.128 e. The third-order valence-electron chi connectivity index (χ3n) is 4.27. The second-order valence-corrected chi connectivity index (χ2v) is 6.17. The Balaban J connectivity index is 1.90. The Morgan fingerprint density at radius 3 is 2.48 bits per heavy atom. The SMILES string of the molecule is CC[C@@H](C)NCc1nn(Cc2ccccc2F)nc1-c1ccccc1. The molecule has 1 N–H and O–H groups in total. The maximum absolute atomic E-state index is 13.9. The predicted octanol–water partition coefficient (Wildman–Crippen LogP) is 4.02. The Morgan fingerprint density at radius 2 is 1.76 bits per heavy atom. The highest BCUT2D eigenvalue weighted by molar-refractivity contribution is 5.60. The van der Waals surface area contributed by atoms with Gasteiger partial charge < -0.3 is 5.32 Å². The molecule has 0 aliphatic carbocycles.